The summed E-state index contributed by atoms with van der Waals surface area (Å²) < 4.78 is 31.4. The molecule has 3 aromatic rings. The second kappa shape index (κ2) is 9.85. The Hall–Kier alpha value is -2.69. The number of rotatable bonds is 9. The Kier molecular flexibility index (Phi) is 7.37. The molecular formula is C22H28N4O4S2. The van der Waals surface area contributed by atoms with Gasteiger partial charge in [0.15, 0.2) is 5.13 Å². The van der Waals surface area contributed by atoms with Crippen LogP contribution >= 0.6 is 11.3 Å². The van der Waals surface area contributed by atoms with Gasteiger partial charge in [0.1, 0.15) is 10.6 Å². The lowest BCUT2D eigenvalue weighted by atomic mass is 10.1. The number of amides is 1. The Morgan fingerprint density at radius 1 is 1.12 bits per heavy atom. The number of nitrogens with zero attached hydrogens (tertiary/aromatic N) is 1. The van der Waals surface area contributed by atoms with Crippen LogP contribution in [0.2, 0.25) is 0 Å². The molecule has 3 rings (SSSR count). The van der Waals surface area contributed by atoms with Gasteiger partial charge in [0.25, 0.3) is 0 Å². The van der Waals surface area contributed by atoms with Crippen LogP contribution in [-0.2, 0) is 14.9 Å². The molecule has 4 N–H and O–H groups in total. The number of nitrogens with two attached hydrogens (primary N) is 1. The highest BCUT2D eigenvalue weighted by molar-refractivity contribution is 7.87. The third kappa shape index (κ3) is 5.96. The molecule has 1 atom stereocenters. The lowest BCUT2D eigenvalue weighted by Gasteiger charge is -2.17. The molecule has 2 aromatic carbocycles. The van der Waals surface area contributed by atoms with Gasteiger partial charge in [-0.25, -0.2) is 4.98 Å². The summed E-state index contributed by atoms with van der Waals surface area (Å²) in [5.74, 6) is 0.216. The number of carbonyl (C=O) groups is 1. The smallest absolute Gasteiger partial charge is 0.339 e. The van der Waals surface area contributed by atoms with E-state index in [1.54, 1.807) is 38.1 Å². The van der Waals surface area contributed by atoms with E-state index >= 15 is 0 Å². The molecule has 0 aliphatic rings. The lowest BCUT2D eigenvalue weighted by molar-refractivity contribution is -0.118. The second-order valence-electron chi connectivity index (χ2n) is 8.14. The monoisotopic (exact) mass is 476 g/mol. The molecule has 1 heterocycles. The molecule has 1 aromatic heterocycles. The minimum atomic E-state index is -4.00. The first-order valence-corrected chi connectivity index (χ1v) is 12.5. The first-order chi connectivity index (χ1) is 15.0. The van der Waals surface area contributed by atoms with Crippen LogP contribution in [0.4, 0.5) is 10.8 Å². The summed E-state index contributed by atoms with van der Waals surface area (Å²) in [6.07, 6.45) is 0. The summed E-state index contributed by atoms with van der Waals surface area (Å²) in [5, 5.41) is 6.41. The fourth-order valence-corrected chi connectivity index (χ4v) is 4.47. The Morgan fingerprint density at radius 2 is 1.81 bits per heavy atom. The zero-order valence-electron chi connectivity index (χ0n) is 18.5. The Labute approximate surface area is 192 Å². The SMILES string of the molecule is CC(C)C(=O)Nc1nc2ccc(OS(=O)(=O)c3ccc(NCC(N)C(C)C)cc3)cc2s1. The maximum atomic E-state index is 12.7. The van der Waals surface area contributed by atoms with Crippen molar-refractivity contribution in [2.75, 3.05) is 17.2 Å². The minimum Gasteiger partial charge on any atom is -0.383 e. The van der Waals surface area contributed by atoms with Crippen molar-refractivity contribution in [3.63, 3.8) is 0 Å². The molecule has 0 aliphatic carbocycles. The second-order valence-corrected chi connectivity index (χ2v) is 10.7. The highest BCUT2D eigenvalue weighted by atomic mass is 32.2. The fraction of sp³-hybridized carbons (Fsp3) is 0.364. The summed E-state index contributed by atoms with van der Waals surface area (Å²) >= 11 is 1.25. The van der Waals surface area contributed by atoms with Gasteiger partial charge in [0.2, 0.25) is 5.91 Å². The van der Waals surface area contributed by atoms with Gasteiger partial charge in [-0.3, -0.25) is 4.79 Å². The molecule has 0 saturated carbocycles. The largest absolute Gasteiger partial charge is 0.383 e. The van der Waals surface area contributed by atoms with Gasteiger partial charge in [0, 0.05) is 30.3 Å². The Bertz CT molecular complexity index is 1190. The maximum absolute atomic E-state index is 12.7. The minimum absolute atomic E-state index is 0.00242. The van der Waals surface area contributed by atoms with Crippen LogP contribution in [0.3, 0.4) is 0 Å². The van der Waals surface area contributed by atoms with Crippen LogP contribution in [0.25, 0.3) is 10.2 Å². The number of thiazole rings is 1. The normalized spacial score (nSPS) is 12.8. The molecular weight excluding hydrogens is 448 g/mol. The first kappa shape index (κ1) is 24.0. The van der Waals surface area contributed by atoms with Crippen LogP contribution < -0.4 is 20.6 Å². The van der Waals surface area contributed by atoms with Crippen molar-refractivity contribution < 1.29 is 17.4 Å². The van der Waals surface area contributed by atoms with Crippen LogP contribution in [0.5, 0.6) is 5.75 Å². The van der Waals surface area contributed by atoms with Gasteiger partial charge in [-0.1, -0.05) is 39.0 Å². The number of benzene rings is 2. The maximum Gasteiger partial charge on any atom is 0.339 e. The quantitative estimate of drug-likeness (QED) is 0.398. The number of fused-ring (bicyclic) bond motifs is 1. The predicted octanol–water partition coefficient (Wildman–Crippen LogP) is 4.05. The average molecular weight is 477 g/mol. The van der Waals surface area contributed by atoms with Crippen molar-refractivity contribution in [1.29, 1.82) is 0 Å². The van der Waals surface area contributed by atoms with E-state index in [1.807, 2.05) is 13.8 Å². The molecule has 0 bridgehead atoms. The van der Waals surface area contributed by atoms with Crippen molar-refractivity contribution in [3.8, 4) is 5.75 Å². The van der Waals surface area contributed by atoms with Gasteiger partial charge < -0.3 is 20.6 Å². The standard InChI is InChI=1S/C22H28N4O4S2/c1-13(2)18(23)12-24-15-5-8-17(9-6-15)32(28,29)30-16-7-10-19-20(11-16)31-22(25-19)26-21(27)14(3)4/h5-11,13-14,18,24H,12,23H2,1-4H3,(H,25,26,27). The molecule has 10 heteroatoms. The van der Waals surface area contributed by atoms with Gasteiger partial charge in [0.05, 0.1) is 10.2 Å². The highest BCUT2D eigenvalue weighted by Crippen LogP contribution is 2.31. The lowest BCUT2D eigenvalue weighted by Crippen LogP contribution is -2.33. The molecule has 0 spiro atoms. The van der Waals surface area contributed by atoms with Crippen molar-refractivity contribution in [3.05, 3.63) is 42.5 Å². The number of hydrogen-bond donors (Lipinski definition) is 3. The first-order valence-electron chi connectivity index (χ1n) is 10.3. The molecule has 1 unspecified atom stereocenters. The van der Waals surface area contributed by atoms with Gasteiger partial charge in [-0.2, -0.15) is 8.42 Å². The van der Waals surface area contributed by atoms with Gasteiger partial charge >= 0.3 is 10.1 Å². The predicted molar refractivity (Wildman–Crippen MR) is 129 cm³/mol. The summed E-state index contributed by atoms with van der Waals surface area (Å²) in [4.78, 5) is 16.3. The topological polar surface area (TPSA) is 123 Å². The van der Waals surface area contributed by atoms with E-state index < -0.39 is 10.1 Å². The van der Waals surface area contributed by atoms with Crippen LogP contribution in [0, 0.1) is 11.8 Å². The molecule has 0 fully saturated rings. The zero-order chi connectivity index (χ0) is 23.5. The van der Waals surface area contributed by atoms with Gasteiger partial charge in [-0.15, -0.1) is 0 Å². The average Bonchev–Trinajstić information content (AvgIpc) is 3.13. The van der Waals surface area contributed by atoms with E-state index in [2.05, 4.69) is 15.6 Å². The fourth-order valence-electron chi connectivity index (χ4n) is 2.65. The Balaban J connectivity index is 1.70. The Morgan fingerprint density at radius 3 is 2.44 bits per heavy atom. The van der Waals surface area contributed by atoms with E-state index in [0.717, 1.165) is 5.69 Å². The molecule has 8 nitrogen and oxygen atoms in total. The molecule has 1 amide bonds. The summed E-state index contributed by atoms with van der Waals surface area (Å²) in [6, 6.07) is 11.1. The molecule has 0 radical (unpaired) electrons. The third-order valence-electron chi connectivity index (χ3n) is 4.86. The van der Waals surface area contributed by atoms with E-state index in [0.29, 0.717) is 27.8 Å². The van der Waals surface area contributed by atoms with E-state index in [4.69, 9.17) is 9.92 Å². The van der Waals surface area contributed by atoms with Crippen molar-refractivity contribution in [2.24, 2.45) is 17.6 Å². The summed E-state index contributed by atoms with van der Waals surface area (Å²) in [5.41, 5.74) is 7.45. The van der Waals surface area contributed by atoms with Crippen LogP contribution in [0.15, 0.2) is 47.4 Å². The number of hydrogen-bond acceptors (Lipinski definition) is 8. The number of aromatic nitrogens is 1. The van der Waals surface area contributed by atoms with Crippen molar-refractivity contribution in [2.45, 2.75) is 38.6 Å². The van der Waals surface area contributed by atoms with Crippen LogP contribution in [0.1, 0.15) is 27.7 Å². The van der Waals surface area contributed by atoms with Gasteiger partial charge in [-0.05, 0) is 42.3 Å². The zero-order valence-corrected chi connectivity index (χ0v) is 20.1. The molecule has 0 saturated heterocycles. The van der Waals surface area contributed by atoms with E-state index in [-0.39, 0.29) is 28.5 Å². The van der Waals surface area contributed by atoms with E-state index in [9.17, 15) is 13.2 Å². The highest BCUT2D eigenvalue weighted by Gasteiger charge is 2.18. The van der Waals surface area contributed by atoms with Crippen LogP contribution in [-0.4, -0.2) is 31.9 Å². The summed E-state index contributed by atoms with van der Waals surface area (Å²) in [7, 11) is -4.00. The van der Waals surface area contributed by atoms with E-state index in [1.165, 1.54) is 29.5 Å². The number of anilines is 2. The van der Waals surface area contributed by atoms with Crippen molar-refractivity contribution >= 4 is 48.4 Å². The number of carbonyl (C=O) groups excluding carboxylic acids is 1. The van der Waals surface area contributed by atoms with Crippen molar-refractivity contribution in [1.82, 2.24) is 4.98 Å². The summed E-state index contributed by atoms with van der Waals surface area (Å²) in [6.45, 7) is 8.27. The molecule has 172 valence electrons. The molecule has 32 heavy (non-hydrogen) atoms. The third-order valence-corrected chi connectivity index (χ3v) is 7.06. The number of nitrogens with one attached hydrogen (secondary N) is 2. The molecule has 0 aliphatic heterocycles.